The average molecular weight is 475 g/mol. The fourth-order valence-corrected chi connectivity index (χ4v) is 2.65. The number of nitrogens with zero attached hydrogens (tertiary/aromatic N) is 5. The summed E-state index contributed by atoms with van der Waals surface area (Å²) >= 11 is 0. The Morgan fingerprint density at radius 1 is 1.12 bits per heavy atom. The first-order valence-electron chi connectivity index (χ1n) is 9.74. The SMILES string of the molecule is CC(=O)OCCN(CCOC(=O)C(F)F)c1ccc(/N=N/c2ccc([N+](=O)[O-])cc2C#N)cc1. The molecule has 178 valence electrons. The second-order valence-electron chi connectivity index (χ2n) is 6.58. The number of azo groups is 1. The molecular formula is C21H19F2N5O6. The molecule has 2 rings (SSSR count). The van der Waals surface area contributed by atoms with Crippen molar-refractivity contribution in [3.8, 4) is 6.07 Å². The summed E-state index contributed by atoms with van der Waals surface area (Å²) < 4.78 is 34.0. The summed E-state index contributed by atoms with van der Waals surface area (Å²) in [4.78, 5) is 33.8. The number of halogens is 2. The minimum atomic E-state index is -3.23. The van der Waals surface area contributed by atoms with Crippen LogP contribution < -0.4 is 4.90 Å². The highest BCUT2D eigenvalue weighted by atomic mass is 19.3. The molecule has 0 saturated carbocycles. The molecule has 13 heteroatoms. The predicted octanol–water partition coefficient (Wildman–Crippen LogP) is 4.06. The number of nitriles is 1. The van der Waals surface area contributed by atoms with Gasteiger partial charge in [-0.05, 0) is 30.3 Å². The molecule has 0 unspecified atom stereocenters. The van der Waals surface area contributed by atoms with E-state index in [-0.39, 0.29) is 43.2 Å². The number of ether oxygens (including phenoxy) is 2. The number of hydrogen-bond donors (Lipinski definition) is 0. The van der Waals surface area contributed by atoms with E-state index in [9.17, 15) is 33.7 Å². The topological polar surface area (TPSA) is 147 Å². The first kappa shape index (κ1) is 25.8. The van der Waals surface area contributed by atoms with Crippen LogP contribution in [0.5, 0.6) is 0 Å². The van der Waals surface area contributed by atoms with E-state index in [0.717, 1.165) is 6.07 Å². The highest BCUT2D eigenvalue weighted by Crippen LogP contribution is 2.27. The van der Waals surface area contributed by atoms with Crippen molar-refractivity contribution in [1.29, 1.82) is 5.26 Å². The Morgan fingerprint density at radius 2 is 1.76 bits per heavy atom. The molecule has 0 aliphatic heterocycles. The first-order valence-corrected chi connectivity index (χ1v) is 9.74. The van der Waals surface area contributed by atoms with Crippen molar-refractivity contribution in [1.82, 2.24) is 0 Å². The molecule has 34 heavy (non-hydrogen) atoms. The van der Waals surface area contributed by atoms with Gasteiger partial charge in [0.25, 0.3) is 5.69 Å². The summed E-state index contributed by atoms with van der Waals surface area (Å²) in [5.74, 6) is -2.11. The van der Waals surface area contributed by atoms with Crippen molar-refractivity contribution < 1.29 is 32.8 Å². The molecule has 0 spiro atoms. The summed E-state index contributed by atoms with van der Waals surface area (Å²) in [6, 6.07) is 11.9. The quantitative estimate of drug-likeness (QED) is 0.204. The van der Waals surface area contributed by atoms with E-state index >= 15 is 0 Å². The minimum absolute atomic E-state index is 0.00967. The Labute approximate surface area is 192 Å². The van der Waals surface area contributed by atoms with E-state index in [1.807, 2.05) is 6.07 Å². The minimum Gasteiger partial charge on any atom is -0.464 e. The van der Waals surface area contributed by atoms with Gasteiger partial charge in [-0.15, -0.1) is 5.11 Å². The Kier molecular flexibility index (Phi) is 9.51. The highest BCUT2D eigenvalue weighted by molar-refractivity contribution is 5.72. The number of hydrogen-bond acceptors (Lipinski definition) is 10. The number of alkyl halides is 2. The summed E-state index contributed by atoms with van der Waals surface area (Å²) in [6.07, 6.45) is -3.23. The van der Waals surface area contributed by atoms with Crippen LogP contribution in [0.15, 0.2) is 52.7 Å². The van der Waals surface area contributed by atoms with Crippen LogP contribution in [0.2, 0.25) is 0 Å². The highest BCUT2D eigenvalue weighted by Gasteiger charge is 2.17. The van der Waals surface area contributed by atoms with E-state index in [1.54, 1.807) is 29.2 Å². The van der Waals surface area contributed by atoms with Crippen molar-refractivity contribution in [2.75, 3.05) is 31.2 Å². The zero-order valence-electron chi connectivity index (χ0n) is 17.9. The van der Waals surface area contributed by atoms with Crippen molar-refractivity contribution >= 4 is 34.7 Å². The predicted molar refractivity (Wildman–Crippen MR) is 114 cm³/mol. The van der Waals surface area contributed by atoms with Gasteiger partial charge in [-0.2, -0.15) is 19.2 Å². The summed E-state index contributed by atoms with van der Waals surface area (Å²) in [7, 11) is 0. The molecule has 0 atom stereocenters. The van der Waals surface area contributed by atoms with Gasteiger partial charge < -0.3 is 14.4 Å². The summed E-state index contributed by atoms with van der Waals surface area (Å²) in [5.41, 5.74) is 0.904. The van der Waals surface area contributed by atoms with Gasteiger partial charge >= 0.3 is 18.4 Å². The van der Waals surface area contributed by atoms with Gasteiger partial charge in [-0.25, -0.2) is 4.79 Å². The fourth-order valence-electron chi connectivity index (χ4n) is 2.65. The second kappa shape index (κ2) is 12.5. The lowest BCUT2D eigenvalue weighted by atomic mass is 10.2. The van der Waals surface area contributed by atoms with Gasteiger partial charge in [0.1, 0.15) is 25.0 Å². The van der Waals surface area contributed by atoms with Crippen LogP contribution in [0.3, 0.4) is 0 Å². The standard InChI is InChI=1S/C21H19F2N5O6/c1-14(29)33-10-8-27(9-11-34-21(30)20(22)23)17-4-2-16(3-5-17)25-26-19-7-6-18(28(31)32)12-15(19)13-24/h2-7,12,20H,8-11H2,1H3/b26-25+. The van der Waals surface area contributed by atoms with Crippen LogP contribution in [0.25, 0.3) is 0 Å². The van der Waals surface area contributed by atoms with Gasteiger partial charge in [0, 0.05) is 24.7 Å². The normalized spacial score (nSPS) is 10.7. The molecule has 0 saturated heterocycles. The third kappa shape index (κ3) is 7.90. The van der Waals surface area contributed by atoms with Crippen molar-refractivity contribution in [2.45, 2.75) is 13.3 Å². The smallest absolute Gasteiger partial charge is 0.373 e. The molecule has 2 aromatic rings. The lowest BCUT2D eigenvalue weighted by Gasteiger charge is -2.24. The van der Waals surface area contributed by atoms with Gasteiger partial charge in [0.15, 0.2) is 0 Å². The summed E-state index contributed by atoms with van der Waals surface area (Å²) in [6.45, 7) is 1.24. The van der Waals surface area contributed by atoms with Crippen molar-refractivity contribution in [3.05, 3.63) is 58.1 Å². The first-order chi connectivity index (χ1) is 16.2. The molecule has 0 N–H and O–H groups in total. The molecule has 0 aliphatic rings. The third-order valence-corrected chi connectivity index (χ3v) is 4.25. The number of esters is 2. The van der Waals surface area contributed by atoms with Crippen LogP contribution in [0, 0.1) is 21.4 Å². The second-order valence-corrected chi connectivity index (χ2v) is 6.58. The number of nitro groups is 1. The van der Waals surface area contributed by atoms with E-state index in [4.69, 9.17) is 4.74 Å². The van der Waals surface area contributed by atoms with Crippen LogP contribution in [-0.4, -0.2) is 49.6 Å². The molecule has 0 bridgehead atoms. The number of nitro benzene ring substituents is 1. The van der Waals surface area contributed by atoms with Gasteiger partial charge in [-0.3, -0.25) is 14.9 Å². The van der Waals surface area contributed by atoms with Crippen LogP contribution in [-0.2, 0) is 19.1 Å². The van der Waals surface area contributed by atoms with Crippen LogP contribution in [0.4, 0.5) is 31.5 Å². The Balaban J connectivity index is 2.12. The van der Waals surface area contributed by atoms with Gasteiger partial charge in [0.05, 0.1) is 29.3 Å². The molecule has 0 fully saturated rings. The molecule has 0 heterocycles. The Morgan fingerprint density at radius 3 is 2.32 bits per heavy atom. The lowest BCUT2D eigenvalue weighted by Crippen LogP contribution is -2.32. The Hall–Kier alpha value is -4.47. The molecule has 0 amide bonds. The van der Waals surface area contributed by atoms with Crippen molar-refractivity contribution in [3.63, 3.8) is 0 Å². The average Bonchev–Trinajstić information content (AvgIpc) is 2.81. The molecule has 0 aliphatic carbocycles. The number of anilines is 1. The molecule has 2 aromatic carbocycles. The zero-order chi connectivity index (χ0) is 25.1. The Bertz CT molecular complexity index is 1100. The fraction of sp³-hybridized carbons (Fsp3) is 0.286. The summed E-state index contributed by atoms with van der Waals surface area (Å²) in [5, 5.41) is 28.0. The van der Waals surface area contributed by atoms with Crippen LogP contribution in [0.1, 0.15) is 12.5 Å². The monoisotopic (exact) mass is 475 g/mol. The van der Waals surface area contributed by atoms with Gasteiger partial charge in [-0.1, -0.05) is 0 Å². The lowest BCUT2D eigenvalue weighted by molar-refractivity contribution is -0.384. The maximum atomic E-state index is 12.3. The van der Waals surface area contributed by atoms with Crippen LogP contribution >= 0.6 is 0 Å². The van der Waals surface area contributed by atoms with E-state index < -0.39 is 23.3 Å². The number of rotatable bonds is 11. The number of benzene rings is 2. The molecular weight excluding hydrogens is 456 g/mol. The molecule has 0 radical (unpaired) electrons. The van der Waals surface area contributed by atoms with E-state index in [2.05, 4.69) is 15.0 Å². The number of non-ortho nitro benzene ring substituents is 1. The van der Waals surface area contributed by atoms with Crippen molar-refractivity contribution in [2.24, 2.45) is 10.2 Å². The maximum absolute atomic E-state index is 12.3. The maximum Gasteiger partial charge on any atom is 0.373 e. The molecule has 0 aromatic heterocycles. The van der Waals surface area contributed by atoms with E-state index in [0.29, 0.717) is 11.4 Å². The number of carbonyl (C=O) groups excluding carboxylic acids is 2. The largest absolute Gasteiger partial charge is 0.464 e. The third-order valence-electron chi connectivity index (χ3n) is 4.25. The van der Waals surface area contributed by atoms with Gasteiger partial charge in [0.2, 0.25) is 0 Å². The molecule has 11 nitrogen and oxygen atoms in total. The van der Waals surface area contributed by atoms with E-state index in [1.165, 1.54) is 19.1 Å². The number of carbonyl (C=O) groups is 2. The zero-order valence-corrected chi connectivity index (χ0v) is 17.9.